The van der Waals surface area contributed by atoms with Crippen LogP contribution in [0.15, 0.2) is 53.1 Å². The second-order valence-corrected chi connectivity index (χ2v) is 6.05. The second-order valence-electron chi connectivity index (χ2n) is 5.61. The van der Waals surface area contributed by atoms with Gasteiger partial charge in [0.25, 0.3) is 5.89 Å². The molecule has 0 atom stereocenters. The summed E-state index contributed by atoms with van der Waals surface area (Å²) in [5.74, 6) is -0.742. The summed E-state index contributed by atoms with van der Waals surface area (Å²) in [5, 5.41) is 4.28. The molecule has 0 amide bonds. The molecule has 0 aliphatic heterocycles. The number of aromatic nitrogens is 2. The third-order valence-electron chi connectivity index (χ3n) is 3.65. The Kier molecular flexibility index (Phi) is 5.93. The van der Waals surface area contributed by atoms with Crippen molar-refractivity contribution in [2.75, 3.05) is 0 Å². The number of Topliss-reactive ketones (excluding diaryl/α,β-unsaturated/α-hetero) is 1. The third-order valence-corrected chi connectivity index (χ3v) is 3.90. The van der Waals surface area contributed by atoms with Crippen molar-refractivity contribution in [2.45, 2.75) is 19.4 Å². The van der Waals surface area contributed by atoms with Gasteiger partial charge in [-0.15, -0.1) is 0 Å². The van der Waals surface area contributed by atoms with E-state index >= 15 is 0 Å². The number of rotatable bonds is 7. The lowest BCUT2D eigenvalue weighted by Gasteiger charge is -2.02. The van der Waals surface area contributed by atoms with Crippen LogP contribution in [0, 0.1) is 5.82 Å². The van der Waals surface area contributed by atoms with Gasteiger partial charge in [-0.2, -0.15) is 4.98 Å². The lowest BCUT2D eigenvalue weighted by Crippen LogP contribution is -2.08. The van der Waals surface area contributed by atoms with Gasteiger partial charge in [0.1, 0.15) is 5.82 Å². The van der Waals surface area contributed by atoms with Crippen LogP contribution in [0.2, 0.25) is 5.02 Å². The molecule has 27 heavy (non-hydrogen) atoms. The molecule has 6 nitrogen and oxygen atoms in total. The predicted octanol–water partition coefficient (Wildman–Crippen LogP) is 4.24. The summed E-state index contributed by atoms with van der Waals surface area (Å²) in [6.07, 6.45) is -0.0501. The minimum absolute atomic E-state index is 0.0190. The van der Waals surface area contributed by atoms with Gasteiger partial charge in [0.15, 0.2) is 12.4 Å². The van der Waals surface area contributed by atoms with Gasteiger partial charge in [-0.05, 0) is 48.5 Å². The van der Waals surface area contributed by atoms with Crippen LogP contribution in [0.4, 0.5) is 4.39 Å². The van der Waals surface area contributed by atoms with Gasteiger partial charge in [-0.25, -0.2) is 4.39 Å². The molecule has 0 fully saturated rings. The summed E-state index contributed by atoms with van der Waals surface area (Å²) >= 11 is 5.77. The molecular weight excluding hydrogens is 375 g/mol. The summed E-state index contributed by atoms with van der Waals surface area (Å²) in [6, 6.07) is 12.0. The van der Waals surface area contributed by atoms with E-state index in [0.717, 1.165) is 0 Å². The van der Waals surface area contributed by atoms with E-state index in [1.54, 1.807) is 24.3 Å². The minimum Gasteiger partial charge on any atom is -0.456 e. The van der Waals surface area contributed by atoms with E-state index in [1.807, 2.05) is 0 Å². The van der Waals surface area contributed by atoms with Crippen molar-refractivity contribution < 1.29 is 23.2 Å². The number of esters is 1. The fraction of sp³-hybridized carbons (Fsp3) is 0.158. The number of carbonyl (C=O) groups is 2. The van der Waals surface area contributed by atoms with Crippen LogP contribution in [0.25, 0.3) is 11.4 Å². The number of benzene rings is 2. The van der Waals surface area contributed by atoms with Crippen molar-refractivity contribution in [3.8, 4) is 11.4 Å². The van der Waals surface area contributed by atoms with Crippen molar-refractivity contribution >= 4 is 23.4 Å². The average Bonchev–Trinajstić information content (AvgIpc) is 3.14. The molecule has 0 radical (unpaired) electrons. The Morgan fingerprint density at radius 2 is 1.74 bits per heavy atom. The molecule has 138 valence electrons. The zero-order chi connectivity index (χ0) is 19.2. The maximum Gasteiger partial charge on any atom is 0.306 e. The Labute approximate surface area is 158 Å². The van der Waals surface area contributed by atoms with Gasteiger partial charge in [0.05, 0.1) is 6.42 Å². The third kappa shape index (κ3) is 5.21. The van der Waals surface area contributed by atoms with Crippen LogP contribution in [0.1, 0.15) is 29.1 Å². The molecular formula is C19H14ClFN2O4. The first-order valence-corrected chi connectivity index (χ1v) is 8.42. The average molecular weight is 389 g/mol. The van der Waals surface area contributed by atoms with Crippen molar-refractivity contribution in [3.63, 3.8) is 0 Å². The molecule has 0 aliphatic carbocycles. The second kappa shape index (κ2) is 8.55. The van der Waals surface area contributed by atoms with Crippen LogP contribution < -0.4 is 0 Å². The first-order chi connectivity index (χ1) is 13.0. The highest BCUT2D eigenvalue weighted by atomic mass is 35.5. The number of ether oxygens (including phenoxy) is 1. The van der Waals surface area contributed by atoms with Crippen LogP contribution in [0.5, 0.6) is 0 Å². The molecule has 0 bridgehead atoms. The van der Waals surface area contributed by atoms with E-state index in [1.165, 1.54) is 24.3 Å². The number of nitrogens with zero attached hydrogens (tertiary/aromatic N) is 2. The van der Waals surface area contributed by atoms with Gasteiger partial charge in [-0.3, -0.25) is 9.59 Å². The van der Waals surface area contributed by atoms with Crippen LogP contribution in [0.3, 0.4) is 0 Å². The molecule has 0 spiro atoms. The van der Waals surface area contributed by atoms with Crippen molar-refractivity contribution in [1.29, 1.82) is 0 Å². The van der Waals surface area contributed by atoms with Gasteiger partial charge < -0.3 is 9.26 Å². The van der Waals surface area contributed by atoms with E-state index in [4.69, 9.17) is 20.9 Å². The van der Waals surface area contributed by atoms with Crippen molar-refractivity contribution in [3.05, 3.63) is 70.8 Å². The smallest absolute Gasteiger partial charge is 0.306 e. The summed E-state index contributed by atoms with van der Waals surface area (Å²) in [6.45, 7) is -0.206. The Balaban J connectivity index is 1.47. The van der Waals surface area contributed by atoms with Crippen molar-refractivity contribution in [2.24, 2.45) is 0 Å². The quantitative estimate of drug-likeness (QED) is 0.445. The van der Waals surface area contributed by atoms with Crippen LogP contribution >= 0.6 is 11.6 Å². The monoisotopic (exact) mass is 388 g/mol. The SMILES string of the molecule is O=C(CCC(=O)c1ccc(Cl)cc1)OCc1nc(-c2ccc(F)cc2)no1. The maximum absolute atomic E-state index is 12.9. The van der Waals surface area contributed by atoms with Crippen LogP contribution in [-0.4, -0.2) is 21.9 Å². The molecule has 0 unspecified atom stereocenters. The fourth-order valence-corrected chi connectivity index (χ4v) is 2.37. The van der Waals surface area contributed by atoms with Crippen molar-refractivity contribution in [1.82, 2.24) is 10.1 Å². The zero-order valence-electron chi connectivity index (χ0n) is 14.0. The molecule has 2 aromatic carbocycles. The van der Waals surface area contributed by atoms with Gasteiger partial charge in [0, 0.05) is 22.6 Å². The van der Waals surface area contributed by atoms with Gasteiger partial charge in [-0.1, -0.05) is 16.8 Å². The molecule has 0 N–H and O–H groups in total. The van der Waals surface area contributed by atoms with Gasteiger partial charge >= 0.3 is 5.97 Å². The summed E-state index contributed by atoms with van der Waals surface area (Å²) in [7, 11) is 0. The Hall–Kier alpha value is -3.06. The number of hydrogen-bond acceptors (Lipinski definition) is 6. The first-order valence-electron chi connectivity index (χ1n) is 8.04. The Morgan fingerprint density at radius 1 is 1.04 bits per heavy atom. The predicted molar refractivity (Wildman–Crippen MR) is 94.5 cm³/mol. The first kappa shape index (κ1) is 18.7. The lowest BCUT2D eigenvalue weighted by molar-refractivity contribution is -0.145. The number of hydrogen-bond donors (Lipinski definition) is 0. The number of ketones is 1. The summed E-state index contributed by atoms with van der Waals surface area (Å²) < 4.78 is 22.9. The highest BCUT2D eigenvalue weighted by Gasteiger charge is 2.13. The lowest BCUT2D eigenvalue weighted by atomic mass is 10.1. The number of halogens is 2. The zero-order valence-corrected chi connectivity index (χ0v) is 14.8. The number of carbonyl (C=O) groups excluding carboxylic acids is 2. The van der Waals surface area contributed by atoms with E-state index in [2.05, 4.69) is 10.1 Å². The molecule has 0 saturated carbocycles. The normalized spacial score (nSPS) is 10.6. The molecule has 1 heterocycles. The molecule has 0 aliphatic rings. The highest BCUT2D eigenvalue weighted by Crippen LogP contribution is 2.17. The molecule has 3 rings (SSSR count). The standard InChI is InChI=1S/C19H14ClFN2O4/c20-14-5-1-12(2-6-14)16(24)9-10-18(25)26-11-17-22-19(23-27-17)13-3-7-15(21)8-4-13/h1-8H,9-11H2. The minimum atomic E-state index is -0.557. The summed E-state index contributed by atoms with van der Waals surface area (Å²) in [5.41, 5.74) is 1.05. The van der Waals surface area contributed by atoms with E-state index in [-0.39, 0.29) is 42.8 Å². The van der Waals surface area contributed by atoms with E-state index in [0.29, 0.717) is 16.1 Å². The molecule has 0 saturated heterocycles. The van der Waals surface area contributed by atoms with Gasteiger partial charge in [0.2, 0.25) is 5.82 Å². The largest absolute Gasteiger partial charge is 0.456 e. The van der Waals surface area contributed by atoms with E-state index < -0.39 is 5.97 Å². The Bertz CT molecular complexity index is 939. The summed E-state index contributed by atoms with van der Waals surface area (Å²) in [4.78, 5) is 27.9. The molecule has 3 aromatic rings. The molecule has 1 aromatic heterocycles. The molecule has 8 heteroatoms. The fourth-order valence-electron chi connectivity index (χ4n) is 2.24. The Morgan fingerprint density at radius 3 is 2.44 bits per heavy atom. The van der Waals surface area contributed by atoms with E-state index in [9.17, 15) is 14.0 Å². The van der Waals surface area contributed by atoms with Crippen LogP contribution in [-0.2, 0) is 16.1 Å². The topological polar surface area (TPSA) is 82.3 Å². The maximum atomic E-state index is 12.9. The highest BCUT2D eigenvalue weighted by molar-refractivity contribution is 6.30.